The number of amides is 1. The zero-order valence-electron chi connectivity index (χ0n) is 12.5. The van der Waals surface area contributed by atoms with E-state index >= 15 is 0 Å². The normalized spacial score (nSPS) is 11.2. The molecule has 0 spiro atoms. The smallest absolute Gasteiger partial charge is 0.309 e. The lowest BCUT2D eigenvalue weighted by atomic mass is 10.2. The molecule has 1 aromatic rings. The second-order valence-electron chi connectivity index (χ2n) is 4.53. The van der Waals surface area contributed by atoms with Crippen LogP contribution in [0.4, 0.5) is 11.4 Å². The SMILES string of the molecule is COC(=O)C(C)CSCCC(=O)Nc1ccc(N=[N+]=[N-])cc1. The molecular formula is C14H18N4O3S. The van der Waals surface area contributed by atoms with Gasteiger partial charge in [0.15, 0.2) is 0 Å². The number of anilines is 1. The number of hydrogen-bond acceptors (Lipinski definition) is 5. The topological polar surface area (TPSA) is 104 Å². The molecule has 7 nitrogen and oxygen atoms in total. The Bertz CT molecular complexity index is 556. The van der Waals surface area contributed by atoms with Crippen molar-refractivity contribution in [1.29, 1.82) is 0 Å². The van der Waals surface area contributed by atoms with Crippen LogP contribution >= 0.6 is 11.8 Å². The molecule has 118 valence electrons. The van der Waals surface area contributed by atoms with E-state index in [9.17, 15) is 9.59 Å². The van der Waals surface area contributed by atoms with E-state index in [1.165, 1.54) is 18.9 Å². The Balaban J connectivity index is 2.28. The molecule has 0 radical (unpaired) electrons. The molecule has 0 aliphatic carbocycles. The molecule has 1 unspecified atom stereocenters. The van der Waals surface area contributed by atoms with Crippen LogP contribution in [0.3, 0.4) is 0 Å². The molecule has 0 fully saturated rings. The van der Waals surface area contributed by atoms with Crippen molar-refractivity contribution in [3.05, 3.63) is 34.7 Å². The number of esters is 1. The molecule has 8 heteroatoms. The highest BCUT2D eigenvalue weighted by molar-refractivity contribution is 7.99. The average molecular weight is 322 g/mol. The Kier molecular flexibility index (Phi) is 7.88. The fourth-order valence-corrected chi connectivity index (χ4v) is 2.57. The molecular weight excluding hydrogens is 304 g/mol. The highest BCUT2D eigenvalue weighted by Crippen LogP contribution is 2.17. The predicted octanol–water partition coefficient (Wildman–Crippen LogP) is 3.50. The van der Waals surface area contributed by atoms with Crippen LogP contribution in [0.2, 0.25) is 0 Å². The second-order valence-corrected chi connectivity index (χ2v) is 5.68. The maximum absolute atomic E-state index is 11.8. The van der Waals surface area contributed by atoms with Crippen LogP contribution in [0.1, 0.15) is 13.3 Å². The van der Waals surface area contributed by atoms with Crippen molar-refractivity contribution in [2.24, 2.45) is 11.0 Å². The highest BCUT2D eigenvalue weighted by atomic mass is 32.2. The van der Waals surface area contributed by atoms with Gasteiger partial charge in [-0.1, -0.05) is 24.2 Å². The van der Waals surface area contributed by atoms with Crippen molar-refractivity contribution in [3.63, 3.8) is 0 Å². The first-order chi connectivity index (χ1) is 10.6. The van der Waals surface area contributed by atoms with E-state index in [-0.39, 0.29) is 17.8 Å². The fraction of sp³-hybridized carbons (Fsp3) is 0.429. The number of carbonyl (C=O) groups excluding carboxylic acids is 2. The zero-order valence-corrected chi connectivity index (χ0v) is 13.3. The molecule has 1 atom stereocenters. The zero-order chi connectivity index (χ0) is 16.4. The molecule has 1 N–H and O–H groups in total. The Morgan fingerprint density at radius 1 is 1.41 bits per heavy atom. The van der Waals surface area contributed by atoms with E-state index in [0.29, 0.717) is 29.3 Å². The molecule has 0 saturated heterocycles. The van der Waals surface area contributed by atoms with E-state index in [1.54, 1.807) is 31.2 Å². The standard InChI is InChI=1S/C14H18N4O3S/c1-10(14(20)21-2)9-22-8-7-13(19)16-11-3-5-12(6-4-11)17-18-15/h3-6,10H,7-9H2,1-2H3,(H,16,19). The van der Waals surface area contributed by atoms with Gasteiger partial charge in [-0.2, -0.15) is 11.8 Å². The van der Waals surface area contributed by atoms with E-state index < -0.39 is 0 Å². The molecule has 0 heterocycles. The van der Waals surface area contributed by atoms with E-state index in [0.717, 1.165) is 0 Å². The minimum Gasteiger partial charge on any atom is -0.469 e. The molecule has 0 saturated carbocycles. The van der Waals surface area contributed by atoms with E-state index in [2.05, 4.69) is 20.1 Å². The molecule has 1 amide bonds. The van der Waals surface area contributed by atoms with Crippen molar-refractivity contribution < 1.29 is 14.3 Å². The van der Waals surface area contributed by atoms with Crippen LogP contribution in [0.25, 0.3) is 10.4 Å². The number of nitrogens with one attached hydrogen (secondary N) is 1. The predicted molar refractivity (Wildman–Crippen MR) is 87.0 cm³/mol. The quantitative estimate of drug-likeness (QED) is 0.260. The van der Waals surface area contributed by atoms with Gasteiger partial charge in [-0.3, -0.25) is 9.59 Å². The van der Waals surface area contributed by atoms with E-state index in [4.69, 9.17) is 5.53 Å². The maximum Gasteiger partial charge on any atom is 0.309 e. The first-order valence-corrected chi connectivity index (χ1v) is 7.83. The van der Waals surface area contributed by atoms with Crippen LogP contribution in [0.5, 0.6) is 0 Å². The number of nitrogens with zero attached hydrogens (tertiary/aromatic N) is 3. The van der Waals surface area contributed by atoms with Crippen LogP contribution in [-0.4, -0.2) is 30.5 Å². The Labute approximate surface area is 133 Å². The summed E-state index contributed by atoms with van der Waals surface area (Å²) >= 11 is 1.54. The lowest BCUT2D eigenvalue weighted by Gasteiger charge is -2.08. The number of carbonyl (C=O) groups is 2. The van der Waals surface area contributed by atoms with Gasteiger partial charge < -0.3 is 10.1 Å². The number of rotatable bonds is 8. The largest absolute Gasteiger partial charge is 0.469 e. The van der Waals surface area contributed by atoms with Gasteiger partial charge >= 0.3 is 5.97 Å². The molecule has 22 heavy (non-hydrogen) atoms. The number of thioether (sulfide) groups is 1. The number of hydrogen-bond donors (Lipinski definition) is 1. The lowest BCUT2D eigenvalue weighted by molar-refractivity contribution is -0.144. The number of azide groups is 1. The summed E-state index contributed by atoms with van der Waals surface area (Å²) in [6.45, 7) is 1.80. The average Bonchev–Trinajstić information content (AvgIpc) is 2.52. The molecule has 1 aromatic carbocycles. The van der Waals surface area contributed by atoms with Crippen molar-refractivity contribution in [2.45, 2.75) is 13.3 Å². The second kappa shape index (κ2) is 9.70. The summed E-state index contributed by atoms with van der Waals surface area (Å²) in [5, 5.41) is 6.21. The van der Waals surface area contributed by atoms with Crippen LogP contribution < -0.4 is 5.32 Å². The van der Waals surface area contributed by atoms with Crippen molar-refractivity contribution in [1.82, 2.24) is 0 Å². The summed E-state index contributed by atoms with van der Waals surface area (Å²) < 4.78 is 4.63. The molecule has 0 aliphatic heterocycles. The summed E-state index contributed by atoms with van der Waals surface area (Å²) in [6.07, 6.45) is 0.358. The number of ether oxygens (including phenoxy) is 1. The van der Waals surface area contributed by atoms with Gasteiger partial charge in [0, 0.05) is 34.2 Å². The summed E-state index contributed by atoms with van der Waals surface area (Å²) in [4.78, 5) is 25.7. The third-order valence-corrected chi connectivity index (χ3v) is 3.98. The minimum atomic E-state index is -0.239. The molecule has 1 rings (SSSR count). The molecule has 0 aromatic heterocycles. The maximum atomic E-state index is 11.8. The van der Waals surface area contributed by atoms with Crippen LogP contribution in [-0.2, 0) is 14.3 Å². The van der Waals surface area contributed by atoms with Gasteiger partial charge in [0.2, 0.25) is 5.91 Å². The van der Waals surface area contributed by atoms with E-state index in [1.807, 2.05) is 0 Å². The number of methoxy groups -OCH3 is 1. The van der Waals surface area contributed by atoms with Gasteiger partial charge in [0.1, 0.15) is 0 Å². The van der Waals surface area contributed by atoms with Crippen LogP contribution in [0, 0.1) is 5.92 Å². The van der Waals surface area contributed by atoms with Crippen molar-refractivity contribution >= 4 is 35.0 Å². The Morgan fingerprint density at radius 2 is 2.09 bits per heavy atom. The lowest BCUT2D eigenvalue weighted by Crippen LogP contribution is -2.16. The fourth-order valence-electron chi connectivity index (χ4n) is 1.58. The first-order valence-electron chi connectivity index (χ1n) is 6.67. The monoisotopic (exact) mass is 322 g/mol. The van der Waals surface area contributed by atoms with Gasteiger partial charge in [-0.05, 0) is 17.7 Å². The van der Waals surface area contributed by atoms with Crippen molar-refractivity contribution in [2.75, 3.05) is 23.9 Å². The third kappa shape index (κ3) is 6.51. The summed E-state index contributed by atoms with van der Waals surface area (Å²) in [5.41, 5.74) is 9.44. The Morgan fingerprint density at radius 3 is 2.68 bits per heavy atom. The van der Waals surface area contributed by atoms with Gasteiger partial charge in [-0.15, -0.1) is 0 Å². The van der Waals surface area contributed by atoms with Crippen LogP contribution in [0.15, 0.2) is 29.4 Å². The number of benzene rings is 1. The first kappa shape index (κ1) is 17.9. The molecule has 0 bridgehead atoms. The van der Waals surface area contributed by atoms with Gasteiger partial charge in [0.05, 0.1) is 13.0 Å². The van der Waals surface area contributed by atoms with Gasteiger partial charge in [-0.25, -0.2) is 0 Å². The summed E-state index contributed by atoms with van der Waals surface area (Å²) in [6, 6.07) is 6.60. The summed E-state index contributed by atoms with van der Waals surface area (Å²) in [7, 11) is 1.37. The minimum absolute atomic E-state index is 0.102. The molecule has 0 aliphatic rings. The van der Waals surface area contributed by atoms with Gasteiger partial charge in [0.25, 0.3) is 0 Å². The van der Waals surface area contributed by atoms with Crippen molar-refractivity contribution in [3.8, 4) is 0 Å². The third-order valence-electron chi connectivity index (χ3n) is 2.76. The highest BCUT2D eigenvalue weighted by Gasteiger charge is 2.12. The Hall–Kier alpha value is -2.18. The summed E-state index contributed by atoms with van der Waals surface area (Å²) in [5.74, 6) is 0.739.